The van der Waals surface area contributed by atoms with Gasteiger partial charge in [-0.3, -0.25) is 0 Å². The van der Waals surface area contributed by atoms with Crippen LogP contribution in [0.3, 0.4) is 0 Å². The molecular weight excluding hydrogens is 1540 g/mol. The van der Waals surface area contributed by atoms with Crippen molar-refractivity contribution in [3.8, 4) is 0 Å². The largest absolute Gasteiger partial charge is 0.117 e. The average Bonchev–Trinajstić information content (AvgIpc) is 1.52. The summed E-state index contributed by atoms with van der Waals surface area (Å²) in [6.45, 7) is 85.0. The number of benzene rings is 5. The molecule has 0 radical (unpaired) electrons. The molecule has 8 aliphatic rings. The standard InChI is InChI=1S/C118H184P2Si2/c1-33-103(34-2)73-111(49-17,50-18)91-83(103)69-84-92(112(51-19,52-20)74-104(84,35-3)36-4)99(91)119-121(101-95-87(107(41-9,42-10)77-115(95,57-25)58-26)71-88-96(101)116(59-27,60-28)78-108(88,43-11)44-12)81-65-67-82(68-66-81)122(102-97-89(109(45-13,46-14)79-117(97,61-29)62-30)72-90-98(102)118(63-31,64-32)80-110(90,47-15)48-16)120-100-93-85(105(37-5,38-6)75-113(93,53-21)54-22)70-86-94(100)114(55-23,56-24)76-106(86,39-7)40-8/h65-72H,33-64,73-80H2,1-32H3. The molecule has 0 amide bonds. The van der Waals surface area contributed by atoms with Crippen molar-refractivity contribution in [2.45, 2.75) is 565 Å². The fourth-order valence-electron chi connectivity index (χ4n) is 33.2. The SMILES string of the molecule is CCC1(CC)CC(CC)(CC)c2c1cc1c(c2P=[Si](c2ccc([Si](=Pc3c4c(cc5c3C(CC)(CC)CC5(CC)CC)C(CC)(CC)CC4(CC)CC)c3c4c(cc5c3C(CC)(CC)CC5(CC)CC)C(CC)(CC)CC4(CC)CC)cc2)c2c3c(cc4c2C(CC)(CC)CC4(CC)CC)C(CC)(CC)CC3(CC)CC)C(CC)(CC)CC1(CC)CC. The number of hydrogen-bond donors (Lipinski definition) is 0. The zero-order chi connectivity index (χ0) is 89.2. The molecule has 674 valence electrons. The Balaban J connectivity index is 1.35. The van der Waals surface area contributed by atoms with Crippen LogP contribution in [0.5, 0.6) is 0 Å². The fourth-order valence-corrected chi connectivity index (χ4v) is 46.4. The van der Waals surface area contributed by atoms with Crippen LogP contribution in [-0.4, -0.2) is 16.1 Å². The van der Waals surface area contributed by atoms with Gasteiger partial charge in [0.15, 0.2) is 0 Å². The summed E-state index contributed by atoms with van der Waals surface area (Å²) < 4.78 is 0. The Kier molecular flexibility index (Phi) is 27.8. The van der Waals surface area contributed by atoms with Gasteiger partial charge in [0, 0.05) is 10.6 Å². The fraction of sp³-hybridized carbons (Fsp3) is 0.746. The summed E-state index contributed by atoms with van der Waals surface area (Å²) in [6, 6.07) is 24.4. The molecule has 0 nitrogen and oxygen atoms in total. The van der Waals surface area contributed by atoms with E-state index >= 15 is 0 Å². The van der Waals surface area contributed by atoms with Gasteiger partial charge in [-0.1, -0.05) is 286 Å². The molecule has 5 aromatic rings. The van der Waals surface area contributed by atoms with Gasteiger partial charge in [0.05, 0.1) is 0 Å². The van der Waals surface area contributed by atoms with Crippen LogP contribution in [0.1, 0.15) is 567 Å². The van der Waals surface area contributed by atoms with Crippen LogP contribution in [0.25, 0.3) is 0 Å². The maximum Gasteiger partial charge on any atom is 0.117 e. The lowest BCUT2D eigenvalue weighted by Gasteiger charge is -2.37. The zero-order valence-corrected chi connectivity index (χ0v) is 89.6. The number of rotatable bonds is 38. The van der Waals surface area contributed by atoms with E-state index in [9.17, 15) is 0 Å². The maximum atomic E-state index is 3.07. The normalized spacial score (nSPS) is 22.7. The molecular formula is C118H184P2Si2. The molecule has 5 aromatic carbocycles. The molecule has 0 N–H and O–H groups in total. The van der Waals surface area contributed by atoms with E-state index < -0.39 is 16.1 Å². The molecule has 0 atom stereocenters. The van der Waals surface area contributed by atoms with Crippen molar-refractivity contribution in [2.75, 3.05) is 0 Å². The predicted octanol–water partition coefficient (Wildman–Crippen LogP) is 32.6. The Morgan fingerprint density at radius 3 is 0.410 bits per heavy atom. The number of fused-ring (bicyclic) bond motifs is 8. The Labute approximate surface area is 760 Å². The lowest BCUT2D eigenvalue weighted by atomic mass is 9.70. The second-order valence-corrected chi connectivity index (χ2v) is 53.0. The zero-order valence-electron chi connectivity index (χ0n) is 85.8. The summed E-state index contributed by atoms with van der Waals surface area (Å²) in [5.74, 6) is 0. The smallest absolute Gasteiger partial charge is 0.0896 e. The van der Waals surface area contributed by atoms with Gasteiger partial charge in [0.1, 0.15) is 16.1 Å². The van der Waals surface area contributed by atoms with Crippen LogP contribution >= 0.6 is 15.4 Å². The van der Waals surface area contributed by atoms with Crippen molar-refractivity contribution >= 4 is 62.9 Å². The molecule has 0 fully saturated rings. The minimum atomic E-state index is -1.78. The van der Waals surface area contributed by atoms with E-state index in [1.165, 1.54) is 257 Å². The van der Waals surface area contributed by atoms with Crippen LogP contribution in [-0.2, 0) is 86.6 Å². The van der Waals surface area contributed by atoms with Gasteiger partial charge in [0.2, 0.25) is 0 Å². The van der Waals surface area contributed by atoms with Crippen LogP contribution in [0, 0.1) is 0 Å². The summed E-state index contributed by atoms with van der Waals surface area (Å²) in [7, 11) is -0.194. The first-order valence-electron chi connectivity index (χ1n) is 53.6. The predicted molar refractivity (Wildman–Crippen MR) is 548 cm³/mol. The second kappa shape index (κ2) is 35.0. The van der Waals surface area contributed by atoms with E-state index in [0.717, 1.165) is 0 Å². The third-order valence-electron chi connectivity index (χ3n) is 43.5. The lowest BCUT2D eigenvalue weighted by molar-refractivity contribution is 0.278. The molecule has 0 unspecified atom stereocenters. The second-order valence-electron chi connectivity index (χ2n) is 44.0. The quantitative estimate of drug-likeness (QED) is 0.0273. The monoisotopic (exact) mass is 1720 g/mol. The van der Waals surface area contributed by atoms with Crippen LogP contribution in [0.2, 0.25) is 0 Å². The molecule has 0 saturated heterocycles. The summed E-state index contributed by atoms with van der Waals surface area (Å²) in [6.07, 6.45) is 49.5. The van der Waals surface area contributed by atoms with Gasteiger partial charge in [-0.2, -0.15) is 0 Å². The molecule has 0 spiro atoms. The van der Waals surface area contributed by atoms with Crippen LogP contribution < -0.4 is 31.4 Å². The lowest BCUT2D eigenvalue weighted by Crippen LogP contribution is -2.47. The molecule has 0 saturated carbocycles. The van der Waals surface area contributed by atoms with Gasteiger partial charge < -0.3 is 0 Å². The number of hydrogen-bond acceptors (Lipinski definition) is 0. The van der Waals surface area contributed by atoms with Crippen molar-refractivity contribution in [2.24, 2.45) is 0 Å². The first kappa shape index (κ1) is 96.7. The van der Waals surface area contributed by atoms with E-state index in [4.69, 9.17) is 0 Å². The topological polar surface area (TPSA) is 0 Å². The van der Waals surface area contributed by atoms with Gasteiger partial charge in [-0.15, -0.1) is 0 Å². The minimum Gasteiger partial charge on any atom is -0.0896 e. The van der Waals surface area contributed by atoms with Crippen LogP contribution in [0.15, 0.2) is 48.5 Å². The van der Waals surface area contributed by atoms with Crippen molar-refractivity contribution in [3.05, 3.63) is 138 Å². The van der Waals surface area contributed by atoms with Gasteiger partial charge in [-0.25, -0.2) is 0 Å². The highest BCUT2D eigenvalue weighted by molar-refractivity contribution is 7.64. The van der Waals surface area contributed by atoms with Gasteiger partial charge in [-0.05, 0) is 453 Å². The van der Waals surface area contributed by atoms with E-state index in [1.807, 2.05) is 110 Å². The van der Waals surface area contributed by atoms with Crippen LogP contribution in [0.4, 0.5) is 0 Å². The summed E-state index contributed by atoms with van der Waals surface area (Å²) in [4.78, 5) is 0. The van der Waals surface area contributed by atoms with Crippen molar-refractivity contribution in [3.63, 3.8) is 0 Å². The van der Waals surface area contributed by atoms with Gasteiger partial charge in [0.25, 0.3) is 0 Å². The summed E-state index contributed by atoms with van der Waals surface area (Å²) >= 11 is 0. The Hall–Kier alpha value is -2.87. The molecule has 0 aliphatic heterocycles. The van der Waals surface area contributed by atoms with E-state index in [1.54, 1.807) is 25.8 Å². The summed E-state index contributed by atoms with van der Waals surface area (Å²) in [5.41, 5.74) is 31.8. The van der Waals surface area contributed by atoms with Gasteiger partial charge >= 0.3 is 0 Å². The first-order valence-corrected chi connectivity index (χ1v) is 60.1. The average molecular weight is 1720 g/mol. The molecule has 0 heterocycles. The molecule has 13 rings (SSSR count). The summed E-state index contributed by atoms with van der Waals surface area (Å²) in [5, 5.41) is 11.2. The molecule has 0 bridgehead atoms. The first-order chi connectivity index (χ1) is 58.4. The van der Waals surface area contributed by atoms with Crippen molar-refractivity contribution in [1.82, 2.24) is 0 Å². The highest BCUT2D eigenvalue weighted by Crippen LogP contribution is 2.69. The van der Waals surface area contributed by atoms with E-state index in [-0.39, 0.29) is 86.6 Å². The molecule has 0 aromatic heterocycles. The molecule has 8 aliphatic carbocycles. The Morgan fingerprint density at radius 1 is 0.172 bits per heavy atom. The van der Waals surface area contributed by atoms with Crippen molar-refractivity contribution in [1.29, 1.82) is 0 Å². The highest BCUT2D eigenvalue weighted by atomic mass is 31.2. The van der Waals surface area contributed by atoms with Crippen molar-refractivity contribution < 1.29 is 0 Å². The minimum absolute atomic E-state index is 0.0907. The van der Waals surface area contributed by atoms with E-state index in [0.29, 0.717) is 0 Å². The van der Waals surface area contributed by atoms with E-state index in [2.05, 4.69) is 270 Å². The third kappa shape index (κ3) is 12.8. The Bertz CT molecular complexity index is 4140. The highest BCUT2D eigenvalue weighted by Gasteiger charge is 2.64. The maximum absolute atomic E-state index is 3.07. The Morgan fingerprint density at radius 2 is 0.287 bits per heavy atom. The third-order valence-corrected chi connectivity index (χ3v) is 54.6. The molecule has 4 heteroatoms. The molecule has 122 heavy (non-hydrogen) atoms.